The Morgan fingerprint density at radius 2 is 1.86 bits per heavy atom. The van der Waals surface area contributed by atoms with E-state index in [1.807, 2.05) is 30.3 Å². The fraction of sp³-hybridized carbons (Fsp3) is 0.192. The number of hydrogen-bond acceptors (Lipinski definition) is 4. The Morgan fingerprint density at radius 3 is 2.56 bits per heavy atom. The zero-order valence-electron chi connectivity index (χ0n) is 19.1. The van der Waals surface area contributed by atoms with E-state index >= 15 is 0 Å². The number of nitrogens with zero attached hydrogens (tertiary/aromatic N) is 3. The SMILES string of the molecule is CCCCc1nc2ccc(Br)cc2c(=O)n1N=Cc1cc(I)c(OCc2ccc(Cl)cc2Cl)c(I)c1. The summed E-state index contributed by atoms with van der Waals surface area (Å²) < 4.78 is 10.2. The summed E-state index contributed by atoms with van der Waals surface area (Å²) in [6.45, 7) is 2.43. The van der Waals surface area contributed by atoms with Crippen molar-refractivity contribution in [2.24, 2.45) is 5.10 Å². The van der Waals surface area contributed by atoms with E-state index in [2.05, 4.69) is 73.1 Å². The lowest BCUT2D eigenvalue weighted by atomic mass is 10.2. The van der Waals surface area contributed by atoms with Gasteiger partial charge in [-0.25, -0.2) is 4.98 Å². The summed E-state index contributed by atoms with van der Waals surface area (Å²) in [6, 6.07) is 14.8. The summed E-state index contributed by atoms with van der Waals surface area (Å²) in [5, 5.41) is 6.23. The molecule has 0 amide bonds. The second-order valence-corrected chi connectivity index (χ2v) is 12.1. The van der Waals surface area contributed by atoms with Crippen LogP contribution in [0.4, 0.5) is 0 Å². The van der Waals surface area contributed by atoms with Gasteiger partial charge in [0, 0.05) is 26.5 Å². The van der Waals surface area contributed by atoms with Gasteiger partial charge in [0.2, 0.25) is 0 Å². The molecule has 10 heteroatoms. The molecule has 4 rings (SSSR count). The minimum absolute atomic E-state index is 0.187. The van der Waals surface area contributed by atoms with Gasteiger partial charge < -0.3 is 4.74 Å². The number of halogens is 5. The average Bonchev–Trinajstić information content (AvgIpc) is 2.83. The molecule has 0 bridgehead atoms. The molecule has 0 unspecified atom stereocenters. The molecule has 186 valence electrons. The molecular weight excluding hydrogens is 791 g/mol. The summed E-state index contributed by atoms with van der Waals surface area (Å²) in [6.07, 6.45) is 4.28. The Morgan fingerprint density at radius 1 is 1.11 bits per heavy atom. The molecule has 1 heterocycles. The smallest absolute Gasteiger partial charge is 0.282 e. The molecule has 0 fully saturated rings. The lowest BCUT2D eigenvalue weighted by molar-refractivity contribution is 0.302. The number of benzene rings is 3. The van der Waals surface area contributed by atoms with Crippen LogP contribution >= 0.6 is 84.3 Å². The number of aromatic nitrogens is 2. The molecule has 0 spiro atoms. The quantitative estimate of drug-likeness (QED) is 0.133. The van der Waals surface area contributed by atoms with E-state index < -0.39 is 0 Å². The van der Waals surface area contributed by atoms with Crippen LogP contribution in [-0.2, 0) is 13.0 Å². The average molecular weight is 811 g/mol. The predicted molar refractivity (Wildman–Crippen MR) is 168 cm³/mol. The maximum atomic E-state index is 13.3. The van der Waals surface area contributed by atoms with E-state index in [9.17, 15) is 4.79 Å². The summed E-state index contributed by atoms with van der Waals surface area (Å²) >= 11 is 20.2. The van der Waals surface area contributed by atoms with Crippen LogP contribution in [0.3, 0.4) is 0 Å². The van der Waals surface area contributed by atoms with E-state index in [1.165, 1.54) is 4.68 Å². The molecule has 0 aliphatic heterocycles. The molecule has 36 heavy (non-hydrogen) atoms. The molecule has 0 radical (unpaired) electrons. The third kappa shape index (κ3) is 6.61. The Labute approximate surface area is 254 Å². The van der Waals surface area contributed by atoms with E-state index in [-0.39, 0.29) is 5.56 Å². The van der Waals surface area contributed by atoms with Crippen LogP contribution in [-0.4, -0.2) is 15.9 Å². The van der Waals surface area contributed by atoms with Crippen LogP contribution in [0, 0.1) is 7.14 Å². The van der Waals surface area contributed by atoms with Crippen LogP contribution in [0.2, 0.25) is 10.0 Å². The second-order valence-electron chi connectivity index (χ2n) is 7.99. The maximum Gasteiger partial charge on any atom is 0.282 e. The number of hydrogen-bond donors (Lipinski definition) is 0. The van der Waals surface area contributed by atoms with Crippen LogP contribution in [0.5, 0.6) is 5.75 Å². The van der Waals surface area contributed by atoms with Gasteiger partial charge in [-0.1, -0.05) is 58.5 Å². The lowest BCUT2D eigenvalue weighted by Crippen LogP contribution is -2.22. The number of ether oxygens (including phenoxy) is 1. The van der Waals surface area contributed by atoms with E-state index in [0.29, 0.717) is 39.8 Å². The minimum atomic E-state index is -0.187. The summed E-state index contributed by atoms with van der Waals surface area (Å²) in [5.74, 6) is 1.41. The van der Waals surface area contributed by atoms with E-state index in [4.69, 9.17) is 32.9 Å². The van der Waals surface area contributed by atoms with Gasteiger partial charge in [-0.15, -0.1) is 0 Å². The molecular formula is C26H20BrCl2I2N3O2. The first-order valence-corrected chi connectivity index (χ1v) is 14.8. The van der Waals surface area contributed by atoms with Crippen LogP contribution in [0.1, 0.15) is 36.7 Å². The summed E-state index contributed by atoms with van der Waals surface area (Å²) in [5.41, 5.74) is 2.19. The van der Waals surface area contributed by atoms with Crippen molar-refractivity contribution in [2.45, 2.75) is 32.8 Å². The molecule has 0 N–H and O–H groups in total. The highest BCUT2D eigenvalue weighted by atomic mass is 127. The van der Waals surface area contributed by atoms with Crippen LogP contribution in [0.15, 0.2) is 62.9 Å². The fourth-order valence-corrected chi connectivity index (χ4v) is 6.47. The lowest BCUT2D eigenvalue weighted by Gasteiger charge is -2.13. The molecule has 0 aliphatic rings. The van der Waals surface area contributed by atoms with Crippen LogP contribution in [0.25, 0.3) is 10.9 Å². The summed E-state index contributed by atoms with van der Waals surface area (Å²) in [7, 11) is 0. The highest BCUT2D eigenvalue weighted by Crippen LogP contribution is 2.30. The van der Waals surface area contributed by atoms with E-state index in [0.717, 1.165) is 41.3 Å². The van der Waals surface area contributed by atoms with Crippen molar-refractivity contribution < 1.29 is 4.74 Å². The molecule has 0 aliphatic carbocycles. The minimum Gasteiger partial charge on any atom is -0.487 e. The fourth-order valence-electron chi connectivity index (χ4n) is 3.52. The molecule has 5 nitrogen and oxygen atoms in total. The van der Waals surface area contributed by atoms with Gasteiger partial charge >= 0.3 is 0 Å². The second kappa shape index (κ2) is 12.6. The third-order valence-corrected chi connectivity index (χ3v) is 8.04. The zero-order valence-corrected chi connectivity index (χ0v) is 26.5. The first kappa shape index (κ1) is 27.8. The molecule has 1 aromatic heterocycles. The number of fused-ring (bicyclic) bond motifs is 1. The third-order valence-electron chi connectivity index (χ3n) is 5.36. The maximum absolute atomic E-state index is 13.3. The molecule has 3 aromatic carbocycles. The van der Waals surface area contributed by atoms with Gasteiger partial charge in [0.1, 0.15) is 18.2 Å². The summed E-state index contributed by atoms with van der Waals surface area (Å²) in [4.78, 5) is 18.0. The molecule has 4 aromatic rings. The Bertz CT molecular complexity index is 1500. The molecule has 0 atom stereocenters. The zero-order chi connectivity index (χ0) is 25.8. The van der Waals surface area contributed by atoms with Gasteiger partial charge in [-0.2, -0.15) is 9.78 Å². The topological polar surface area (TPSA) is 56.5 Å². The van der Waals surface area contributed by atoms with Gasteiger partial charge in [-0.05, 0) is 99.6 Å². The van der Waals surface area contributed by atoms with Gasteiger partial charge in [0.25, 0.3) is 5.56 Å². The highest BCUT2D eigenvalue weighted by Gasteiger charge is 2.13. The first-order valence-electron chi connectivity index (χ1n) is 11.1. The normalized spacial score (nSPS) is 11.5. The van der Waals surface area contributed by atoms with Crippen molar-refractivity contribution >= 4 is 101 Å². The van der Waals surface area contributed by atoms with Crippen molar-refractivity contribution in [2.75, 3.05) is 0 Å². The predicted octanol–water partition coefficient (Wildman–Crippen LogP) is 8.48. The monoisotopic (exact) mass is 809 g/mol. The number of unbranched alkanes of at least 4 members (excludes halogenated alkanes) is 1. The molecule has 0 saturated carbocycles. The van der Waals surface area contributed by atoms with Crippen molar-refractivity contribution in [1.82, 2.24) is 9.66 Å². The van der Waals surface area contributed by atoms with Gasteiger partial charge in [0.05, 0.1) is 24.3 Å². The highest BCUT2D eigenvalue weighted by molar-refractivity contribution is 14.1. The number of aryl methyl sites for hydroxylation is 1. The molecule has 0 saturated heterocycles. The standard InChI is InChI=1S/C26H20BrCl2I2N3O2/c1-2-3-4-24-33-23-8-6-17(27)11-19(23)26(35)34(24)32-13-15-9-21(30)25(22(31)10-15)36-14-16-5-7-18(28)12-20(16)29/h5-13H,2-4,14H2,1H3. The Hall–Kier alpha value is -1.21. The Balaban J connectivity index is 1.64. The van der Waals surface area contributed by atoms with Gasteiger partial charge in [-0.3, -0.25) is 4.79 Å². The van der Waals surface area contributed by atoms with Crippen molar-refractivity contribution in [3.05, 3.63) is 97.5 Å². The van der Waals surface area contributed by atoms with Crippen LogP contribution < -0.4 is 10.3 Å². The van der Waals surface area contributed by atoms with Crippen molar-refractivity contribution in [1.29, 1.82) is 0 Å². The van der Waals surface area contributed by atoms with Gasteiger partial charge in [0.15, 0.2) is 0 Å². The van der Waals surface area contributed by atoms with Crippen molar-refractivity contribution in [3.8, 4) is 5.75 Å². The first-order chi connectivity index (χ1) is 17.3. The Kier molecular flexibility index (Phi) is 9.70. The van der Waals surface area contributed by atoms with Crippen molar-refractivity contribution in [3.63, 3.8) is 0 Å². The number of rotatable bonds is 8. The van der Waals surface area contributed by atoms with E-state index in [1.54, 1.807) is 24.4 Å². The largest absolute Gasteiger partial charge is 0.487 e.